The van der Waals surface area contributed by atoms with E-state index in [1.54, 1.807) is 22.7 Å². The van der Waals surface area contributed by atoms with Crippen LogP contribution in [0.3, 0.4) is 0 Å². The van der Waals surface area contributed by atoms with Crippen molar-refractivity contribution < 1.29 is 5.11 Å². The number of benzene rings is 1. The molecule has 6 nitrogen and oxygen atoms in total. The number of aliphatic hydroxyl groups excluding tert-OH is 1. The lowest BCUT2D eigenvalue weighted by Crippen LogP contribution is -2.19. The van der Waals surface area contributed by atoms with E-state index in [0.29, 0.717) is 24.5 Å². The number of aryl methyl sites for hydroxylation is 2. The molecule has 0 radical (unpaired) electrons. The van der Waals surface area contributed by atoms with Crippen molar-refractivity contribution in [2.45, 2.75) is 45.7 Å². The first-order valence-corrected chi connectivity index (χ1v) is 12.7. The second-order valence-corrected chi connectivity index (χ2v) is 10.5. The van der Waals surface area contributed by atoms with Gasteiger partial charge < -0.3 is 15.7 Å². The Bertz CT molecular complexity index is 1200. The van der Waals surface area contributed by atoms with Crippen LogP contribution in [0.15, 0.2) is 35.7 Å². The maximum absolute atomic E-state index is 9.56. The molecule has 32 heavy (non-hydrogen) atoms. The standard InChI is InChI=1S/C24H27N5OS2/c1-14-9-18(31-13-14)11-25-24-26-15(2)21(23-28-19-5-3-4-6-20(19)32-23)22(29-24)27-17-8-7-16(10-17)12-30/h3-6,9,13,16-17,30H,7-8,10-12H2,1-2H3,(H2,25,26,27,29)/t16-,17+/m1/s1. The van der Waals surface area contributed by atoms with Crippen LogP contribution in [0.4, 0.5) is 11.8 Å². The number of anilines is 2. The number of aromatic nitrogens is 3. The number of aliphatic hydroxyl groups is 1. The van der Waals surface area contributed by atoms with Gasteiger partial charge in [-0.25, -0.2) is 9.97 Å². The molecule has 2 atom stereocenters. The molecule has 1 aromatic carbocycles. The molecule has 3 heterocycles. The molecule has 5 rings (SSSR count). The highest BCUT2D eigenvalue weighted by Crippen LogP contribution is 2.37. The van der Waals surface area contributed by atoms with Gasteiger partial charge in [0.2, 0.25) is 5.95 Å². The number of rotatable bonds is 7. The molecule has 1 aliphatic rings. The van der Waals surface area contributed by atoms with E-state index in [1.165, 1.54) is 10.4 Å². The van der Waals surface area contributed by atoms with Crippen molar-refractivity contribution in [3.63, 3.8) is 0 Å². The first-order valence-electron chi connectivity index (χ1n) is 11.0. The van der Waals surface area contributed by atoms with Gasteiger partial charge in [0.15, 0.2) is 0 Å². The van der Waals surface area contributed by atoms with Crippen LogP contribution in [-0.2, 0) is 6.54 Å². The molecule has 4 aromatic rings. The van der Waals surface area contributed by atoms with Gasteiger partial charge in [-0.2, -0.15) is 4.98 Å². The van der Waals surface area contributed by atoms with Crippen LogP contribution in [0.2, 0.25) is 0 Å². The number of hydrogen-bond donors (Lipinski definition) is 3. The number of nitrogens with one attached hydrogen (secondary N) is 2. The van der Waals surface area contributed by atoms with Crippen LogP contribution in [0.1, 0.15) is 35.4 Å². The zero-order chi connectivity index (χ0) is 22.1. The molecule has 0 spiro atoms. The van der Waals surface area contributed by atoms with E-state index in [4.69, 9.17) is 15.0 Å². The molecule has 0 unspecified atom stereocenters. The lowest BCUT2D eigenvalue weighted by atomic mass is 10.1. The third-order valence-corrected chi connectivity index (χ3v) is 8.05. The van der Waals surface area contributed by atoms with E-state index in [9.17, 15) is 5.11 Å². The van der Waals surface area contributed by atoms with Crippen LogP contribution < -0.4 is 10.6 Å². The minimum Gasteiger partial charge on any atom is -0.396 e. The molecule has 1 fully saturated rings. The monoisotopic (exact) mass is 465 g/mol. The van der Waals surface area contributed by atoms with Gasteiger partial charge in [-0.05, 0) is 68.2 Å². The summed E-state index contributed by atoms with van der Waals surface area (Å²) in [7, 11) is 0. The highest BCUT2D eigenvalue weighted by molar-refractivity contribution is 7.21. The normalized spacial score (nSPS) is 18.3. The Labute approximate surface area is 195 Å². The molecule has 1 aliphatic carbocycles. The molecule has 1 saturated carbocycles. The maximum Gasteiger partial charge on any atom is 0.225 e. The van der Waals surface area contributed by atoms with Crippen molar-refractivity contribution >= 4 is 44.7 Å². The highest BCUT2D eigenvalue weighted by Gasteiger charge is 2.26. The fourth-order valence-electron chi connectivity index (χ4n) is 4.31. The van der Waals surface area contributed by atoms with E-state index in [0.717, 1.165) is 51.6 Å². The van der Waals surface area contributed by atoms with E-state index in [1.807, 2.05) is 25.1 Å². The number of hydrogen-bond acceptors (Lipinski definition) is 8. The Kier molecular flexibility index (Phi) is 6.08. The largest absolute Gasteiger partial charge is 0.396 e. The molecule has 0 aliphatic heterocycles. The van der Waals surface area contributed by atoms with Gasteiger partial charge in [-0.1, -0.05) is 12.1 Å². The Hall–Kier alpha value is -2.55. The Balaban J connectivity index is 1.49. The van der Waals surface area contributed by atoms with Crippen molar-refractivity contribution in [2.24, 2.45) is 5.92 Å². The van der Waals surface area contributed by atoms with Gasteiger partial charge in [-0.15, -0.1) is 22.7 Å². The third-order valence-electron chi connectivity index (χ3n) is 5.94. The quantitative estimate of drug-likeness (QED) is 0.329. The van der Waals surface area contributed by atoms with Crippen molar-refractivity contribution in [1.82, 2.24) is 15.0 Å². The van der Waals surface area contributed by atoms with Gasteiger partial charge in [0, 0.05) is 17.5 Å². The van der Waals surface area contributed by atoms with Crippen LogP contribution in [0.25, 0.3) is 20.8 Å². The third kappa shape index (κ3) is 4.48. The highest BCUT2D eigenvalue weighted by atomic mass is 32.1. The first kappa shape index (κ1) is 21.3. The maximum atomic E-state index is 9.56. The molecule has 0 bridgehead atoms. The topological polar surface area (TPSA) is 83.0 Å². The summed E-state index contributed by atoms with van der Waals surface area (Å²) in [6.07, 6.45) is 3.03. The SMILES string of the molecule is Cc1csc(CNc2nc(C)c(-c3nc4ccccc4s3)c(N[C@H]3CC[C@@H](CO)C3)n2)c1. The van der Waals surface area contributed by atoms with Crippen LogP contribution >= 0.6 is 22.7 Å². The van der Waals surface area contributed by atoms with Crippen molar-refractivity contribution in [2.75, 3.05) is 17.2 Å². The molecule has 166 valence electrons. The second kappa shape index (κ2) is 9.13. The minimum atomic E-state index is 0.249. The minimum absolute atomic E-state index is 0.249. The lowest BCUT2D eigenvalue weighted by molar-refractivity contribution is 0.229. The van der Waals surface area contributed by atoms with Crippen molar-refractivity contribution in [3.8, 4) is 10.6 Å². The van der Waals surface area contributed by atoms with Gasteiger partial charge in [-0.3, -0.25) is 0 Å². The first-order chi connectivity index (χ1) is 15.6. The summed E-state index contributed by atoms with van der Waals surface area (Å²) in [5, 5.41) is 19.7. The van der Waals surface area contributed by atoms with Gasteiger partial charge in [0.1, 0.15) is 10.8 Å². The summed E-state index contributed by atoms with van der Waals surface area (Å²) in [5.41, 5.74) is 4.14. The smallest absolute Gasteiger partial charge is 0.225 e. The summed E-state index contributed by atoms with van der Waals surface area (Å²) < 4.78 is 1.16. The predicted octanol–water partition coefficient (Wildman–Crippen LogP) is 5.62. The fourth-order valence-corrected chi connectivity index (χ4v) is 6.18. The average Bonchev–Trinajstić information content (AvgIpc) is 3.51. The predicted molar refractivity (Wildman–Crippen MR) is 134 cm³/mol. The molecular weight excluding hydrogens is 438 g/mol. The molecule has 3 N–H and O–H groups in total. The molecular formula is C24H27N5OS2. The zero-order valence-electron chi connectivity index (χ0n) is 18.3. The lowest BCUT2D eigenvalue weighted by Gasteiger charge is -2.18. The van der Waals surface area contributed by atoms with Crippen LogP contribution in [0.5, 0.6) is 0 Å². The number of para-hydroxylation sites is 1. The van der Waals surface area contributed by atoms with Crippen LogP contribution in [0, 0.1) is 19.8 Å². The summed E-state index contributed by atoms with van der Waals surface area (Å²) in [5.74, 6) is 1.81. The number of fused-ring (bicyclic) bond motifs is 1. The van der Waals surface area contributed by atoms with Crippen molar-refractivity contribution in [1.29, 1.82) is 0 Å². The zero-order valence-corrected chi connectivity index (χ0v) is 19.9. The fraction of sp³-hybridized carbons (Fsp3) is 0.375. The average molecular weight is 466 g/mol. The van der Waals surface area contributed by atoms with E-state index in [2.05, 4.69) is 35.1 Å². The molecule has 0 amide bonds. The molecule has 8 heteroatoms. The Morgan fingerprint density at radius 2 is 2.00 bits per heavy atom. The van der Waals surface area contributed by atoms with E-state index >= 15 is 0 Å². The Morgan fingerprint density at radius 1 is 1.12 bits per heavy atom. The number of thiophene rings is 1. The van der Waals surface area contributed by atoms with E-state index in [-0.39, 0.29) is 6.61 Å². The van der Waals surface area contributed by atoms with Gasteiger partial charge in [0.25, 0.3) is 0 Å². The van der Waals surface area contributed by atoms with E-state index < -0.39 is 0 Å². The number of nitrogens with zero attached hydrogens (tertiary/aromatic N) is 3. The molecule has 3 aromatic heterocycles. The second-order valence-electron chi connectivity index (χ2n) is 8.49. The van der Waals surface area contributed by atoms with Crippen LogP contribution in [-0.4, -0.2) is 32.7 Å². The Morgan fingerprint density at radius 3 is 2.75 bits per heavy atom. The number of thiazole rings is 1. The summed E-state index contributed by atoms with van der Waals surface area (Å²) in [6, 6.07) is 10.7. The molecule has 0 saturated heterocycles. The summed E-state index contributed by atoms with van der Waals surface area (Å²) >= 11 is 3.41. The van der Waals surface area contributed by atoms with Gasteiger partial charge in [0.05, 0.1) is 28.0 Å². The van der Waals surface area contributed by atoms with Gasteiger partial charge >= 0.3 is 0 Å². The summed E-state index contributed by atoms with van der Waals surface area (Å²) in [4.78, 5) is 15.8. The van der Waals surface area contributed by atoms with Crippen molar-refractivity contribution in [3.05, 3.63) is 51.8 Å². The summed E-state index contributed by atoms with van der Waals surface area (Å²) in [6.45, 7) is 5.09.